The maximum atomic E-state index is 13.5. The molecule has 0 saturated carbocycles. The van der Waals surface area contributed by atoms with Crippen LogP contribution in [-0.2, 0) is 4.79 Å². The first-order valence-corrected chi connectivity index (χ1v) is 12.4. The van der Waals surface area contributed by atoms with Gasteiger partial charge in [-0.2, -0.15) is 4.98 Å². The molecule has 7 heteroatoms. The highest BCUT2D eigenvalue weighted by Crippen LogP contribution is 2.44. The molecule has 1 amide bonds. The molecule has 0 spiro atoms. The van der Waals surface area contributed by atoms with Gasteiger partial charge in [0, 0.05) is 23.3 Å². The van der Waals surface area contributed by atoms with E-state index in [1.54, 1.807) is 16.7 Å². The molecule has 0 bridgehead atoms. The fourth-order valence-electron chi connectivity index (χ4n) is 3.92. The predicted molar refractivity (Wildman–Crippen MR) is 133 cm³/mol. The van der Waals surface area contributed by atoms with Gasteiger partial charge in [-0.25, -0.2) is 0 Å². The smallest absolute Gasteiger partial charge is 0.247 e. The molecule has 0 aliphatic carbocycles. The van der Waals surface area contributed by atoms with Gasteiger partial charge in [0.05, 0.1) is 5.69 Å². The third kappa shape index (κ3) is 4.88. The lowest BCUT2D eigenvalue weighted by atomic mass is 10.0. The van der Waals surface area contributed by atoms with Crippen LogP contribution in [0.4, 0.5) is 5.69 Å². The van der Waals surface area contributed by atoms with Crippen molar-refractivity contribution in [2.24, 2.45) is 5.92 Å². The van der Waals surface area contributed by atoms with Gasteiger partial charge >= 0.3 is 0 Å². The van der Waals surface area contributed by atoms with Crippen molar-refractivity contribution in [3.8, 4) is 17.1 Å². The fourth-order valence-corrected chi connectivity index (χ4v) is 4.65. The molecule has 1 aliphatic rings. The SMILES string of the molecule is CCCC(=O)N1c2ccccc2-c2nnc(SCC(C)C)nc2O[C@@H]1c1ccc(C)cc1C. The molecule has 1 aromatic heterocycles. The number of amides is 1. The summed E-state index contributed by atoms with van der Waals surface area (Å²) in [6.45, 7) is 10.4. The highest BCUT2D eigenvalue weighted by atomic mass is 32.2. The van der Waals surface area contributed by atoms with Gasteiger partial charge in [-0.3, -0.25) is 9.69 Å². The lowest BCUT2D eigenvalue weighted by Crippen LogP contribution is -2.38. The van der Waals surface area contributed by atoms with E-state index in [1.807, 2.05) is 50.2 Å². The normalized spacial score (nSPS) is 15.0. The summed E-state index contributed by atoms with van der Waals surface area (Å²) in [7, 11) is 0. The molecule has 0 saturated heterocycles. The second kappa shape index (κ2) is 9.91. The number of benzene rings is 2. The van der Waals surface area contributed by atoms with Gasteiger partial charge < -0.3 is 4.74 Å². The zero-order chi connectivity index (χ0) is 23.5. The van der Waals surface area contributed by atoms with Crippen LogP contribution in [-0.4, -0.2) is 26.8 Å². The van der Waals surface area contributed by atoms with E-state index >= 15 is 0 Å². The van der Waals surface area contributed by atoms with Crippen LogP contribution in [0.5, 0.6) is 5.88 Å². The van der Waals surface area contributed by atoms with Gasteiger partial charge in [0.2, 0.25) is 23.2 Å². The molecule has 4 rings (SSSR count). The largest absolute Gasteiger partial charge is 0.447 e. The molecule has 3 aromatic rings. The zero-order valence-corrected chi connectivity index (χ0v) is 20.6. The minimum absolute atomic E-state index is 0.00472. The third-order valence-corrected chi connectivity index (χ3v) is 6.75. The number of carbonyl (C=O) groups excluding carboxylic acids is 1. The Hall–Kier alpha value is -2.93. The van der Waals surface area contributed by atoms with Crippen molar-refractivity contribution in [1.82, 2.24) is 15.2 Å². The number of thioether (sulfide) groups is 1. The molecular formula is C26H30N4O2S. The Morgan fingerprint density at radius 3 is 2.67 bits per heavy atom. The number of rotatable bonds is 6. The Bertz CT molecular complexity index is 1160. The number of hydrogen-bond donors (Lipinski definition) is 0. The van der Waals surface area contributed by atoms with Crippen LogP contribution in [0.2, 0.25) is 0 Å². The van der Waals surface area contributed by atoms with E-state index in [9.17, 15) is 4.79 Å². The summed E-state index contributed by atoms with van der Waals surface area (Å²) in [6.07, 6.45) is 0.522. The summed E-state index contributed by atoms with van der Waals surface area (Å²) in [4.78, 5) is 20.0. The number of nitrogens with zero attached hydrogens (tertiary/aromatic N) is 4. The van der Waals surface area contributed by atoms with Gasteiger partial charge in [-0.15, -0.1) is 10.2 Å². The van der Waals surface area contributed by atoms with Crippen LogP contribution in [0, 0.1) is 19.8 Å². The first-order chi connectivity index (χ1) is 15.9. The molecule has 0 fully saturated rings. The molecule has 0 unspecified atom stereocenters. The number of anilines is 1. The van der Waals surface area contributed by atoms with Crippen LogP contribution in [0.25, 0.3) is 11.3 Å². The minimum Gasteiger partial charge on any atom is -0.447 e. The van der Waals surface area contributed by atoms with Gasteiger partial charge in [0.25, 0.3) is 0 Å². The summed E-state index contributed by atoms with van der Waals surface area (Å²) in [5.74, 6) is 1.80. The van der Waals surface area contributed by atoms with Crippen molar-refractivity contribution in [2.45, 2.75) is 58.8 Å². The summed E-state index contributed by atoms with van der Waals surface area (Å²) in [5.41, 5.74) is 5.27. The van der Waals surface area contributed by atoms with Crippen LogP contribution >= 0.6 is 11.8 Å². The Balaban J connectivity index is 1.90. The lowest BCUT2D eigenvalue weighted by Gasteiger charge is -2.31. The second-order valence-electron chi connectivity index (χ2n) is 8.81. The molecule has 0 radical (unpaired) electrons. The monoisotopic (exact) mass is 462 g/mol. The van der Waals surface area contributed by atoms with E-state index in [4.69, 9.17) is 9.72 Å². The summed E-state index contributed by atoms with van der Waals surface area (Å²) in [5, 5.41) is 9.44. The van der Waals surface area contributed by atoms with Gasteiger partial charge in [-0.1, -0.05) is 74.5 Å². The molecule has 6 nitrogen and oxygen atoms in total. The first kappa shape index (κ1) is 23.2. The Morgan fingerprint density at radius 1 is 1.15 bits per heavy atom. The van der Waals surface area contributed by atoms with E-state index in [2.05, 4.69) is 37.0 Å². The number of hydrogen-bond acceptors (Lipinski definition) is 6. The number of aryl methyl sites for hydroxylation is 2. The van der Waals surface area contributed by atoms with Gasteiger partial charge in [0.15, 0.2) is 5.69 Å². The van der Waals surface area contributed by atoms with E-state index in [1.165, 1.54) is 0 Å². The van der Waals surface area contributed by atoms with Crippen molar-refractivity contribution < 1.29 is 9.53 Å². The van der Waals surface area contributed by atoms with Crippen LogP contribution in [0.15, 0.2) is 47.6 Å². The highest BCUT2D eigenvalue weighted by Gasteiger charge is 2.36. The topological polar surface area (TPSA) is 68.2 Å². The molecule has 33 heavy (non-hydrogen) atoms. The quantitative estimate of drug-likeness (QED) is 0.411. The van der Waals surface area contributed by atoms with Gasteiger partial charge in [0.1, 0.15) is 0 Å². The second-order valence-corrected chi connectivity index (χ2v) is 9.80. The Kier molecular flexibility index (Phi) is 6.98. The Labute approximate surface area is 199 Å². The van der Waals surface area contributed by atoms with Gasteiger partial charge in [-0.05, 0) is 37.8 Å². The van der Waals surface area contributed by atoms with E-state index in [-0.39, 0.29) is 5.91 Å². The molecule has 1 aliphatic heterocycles. The zero-order valence-electron chi connectivity index (χ0n) is 19.8. The van der Waals surface area contributed by atoms with Crippen LogP contribution in [0.3, 0.4) is 0 Å². The summed E-state index contributed by atoms with van der Waals surface area (Å²) >= 11 is 1.56. The van der Waals surface area contributed by atoms with Crippen molar-refractivity contribution in [1.29, 1.82) is 0 Å². The number of carbonyl (C=O) groups is 1. The van der Waals surface area contributed by atoms with Crippen LogP contribution in [0.1, 0.15) is 56.5 Å². The molecular weight excluding hydrogens is 432 g/mol. The standard InChI is InChI=1S/C26H30N4O2S/c1-6-9-22(31)30-21-11-8-7-10-20(21)23-24(27-26(29-28-23)33-15-16(2)3)32-25(30)19-13-12-17(4)14-18(19)5/h7-8,10-14,16,25H,6,9,15H2,1-5H3/t25-/m1/s1. The maximum Gasteiger partial charge on any atom is 0.247 e. The van der Waals surface area contributed by atoms with E-state index < -0.39 is 6.23 Å². The van der Waals surface area contributed by atoms with Crippen molar-refractivity contribution in [2.75, 3.05) is 10.7 Å². The molecule has 1 atom stereocenters. The average molecular weight is 463 g/mol. The molecule has 2 heterocycles. The predicted octanol–water partition coefficient (Wildman–Crippen LogP) is 6.13. The molecule has 172 valence electrons. The van der Waals surface area contributed by atoms with E-state index in [0.717, 1.165) is 40.1 Å². The summed E-state index contributed by atoms with van der Waals surface area (Å²) < 4.78 is 6.55. The molecule has 0 N–H and O–H groups in total. The summed E-state index contributed by atoms with van der Waals surface area (Å²) in [6, 6.07) is 14.0. The number of fused-ring (bicyclic) bond motifs is 3. The van der Waals surface area contributed by atoms with Crippen molar-refractivity contribution in [3.63, 3.8) is 0 Å². The van der Waals surface area contributed by atoms with E-state index in [0.29, 0.717) is 29.1 Å². The number of aromatic nitrogens is 3. The number of ether oxygens (including phenoxy) is 1. The van der Waals surface area contributed by atoms with Crippen molar-refractivity contribution >= 4 is 23.4 Å². The van der Waals surface area contributed by atoms with Crippen molar-refractivity contribution in [3.05, 3.63) is 59.2 Å². The number of para-hydroxylation sites is 1. The first-order valence-electron chi connectivity index (χ1n) is 11.4. The average Bonchev–Trinajstić information content (AvgIpc) is 2.92. The van der Waals surface area contributed by atoms with Crippen LogP contribution < -0.4 is 9.64 Å². The molecule has 2 aromatic carbocycles. The minimum atomic E-state index is -0.647. The Morgan fingerprint density at radius 2 is 1.94 bits per heavy atom. The third-order valence-electron chi connectivity index (χ3n) is 5.48. The maximum absolute atomic E-state index is 13.5. The lowest BCUT2D eigenvalue weighted by molar-refractivity contribution is -0.120. The highest BCUT2D eigenvalue weighted by molar-refractivity contribution is 7.99. The fraction of sp³-hybridized carbons (Fsp3) is 0.385.